The molecule has 3 rings (SSSR count). The molecule has 2 aliphatic rings. The number of imidazole rings is 1. The molecule has 2 N–H and O–H groups in total. The molecular formula is C23H37N5O2. The Morgan fingerprint density at radius 1 is 1.27 bits per heavy atom. The molecule has 1 aliphatic carbocycles. The molecule has 0 spiro atoms. The van der Waals surface area contributed by atoms with Crippen LogP contribution in [0.2, 0.25) is 0 Å². The van der Waals surface area contributed by atoms with Crippen molar-refractivity contribution in [3.05, 3.63) is 23.3 Å². The average Bonchev–Trinajstić information content (AvgIpc) is 2.91. The molecule has 0 fully saturated rings. The summed E-state index contributed by atoms with van der Waals surface area (Å²) in [5.74, 6) is 1.17. The van der Waals surface area contributed by atoms with E-state index in [4.69, 9.17) is 4.98 Å². The van der Waals surface area contributed by atoms with Gasteiger partial charge in [-0.3, -0.25) is 9.59 Å². The first-order chi connectivity index (χ1) is 14.1. The van der Waals surface area contributed by atoms with Crippen molar-refractivity contribution in [3.63, 3.8) is 0 Å². The summed E-state index contributed by atoms with van der Waals surface area (Å²) in [7, 11) is 3.67. The molecule has 2 amide bonds. The van der Waals surface area contributed by atoms with Crippen molar-refractivity contribution in [2.75, 3.05) is 20.6 Å². The molecule has 0 saturated carbocycles. The van der Waals surface area contributed by atoms with Crippen LogP contribution >= 0.6 is 0 Å². The van der Waals surface area contributed by atoms with E-state index in [1.165, 1.54) is 5.57 Å². The minimum Gasteiger partial charge on any atom is -0.357 e. The lowest BCUT2D eigenvalue weighted by molar-refractivity contribution is -0.124. The predicted molar refractivity (Wildman–Crippen MR) is 119 cm³/mol. The van der Waals surface area contributed by atoms with E-state index in [1.807, 2.05) is 20.8 Å². The van der Waals surface area contributed by atoms with Gasteiger partial charge in [-0.15, -0.1) is 0 Å². The lowest BCUT2D eigenvalue weighted by Crippen LogP contribution is -2.53. The predicted octanol–water partition coefficient (Wildman–Crippen LogP) is 2.81. The van der Waals surface area contributed by atoms with Crippen molar-refractivity contribution >= 4 is 17.4 Å². The van der Waals surface area contributed by atoms with Gasteiger partial charge in [-0.05, 0) is 56.2 Å². The van der Waals surface area contributed by atoms with E-state index in [2.05, 4.69) is 40.1 Å². The van der Waals surface area contributed by atoms with Crippen molar-refractivity contribution in [1.82, 2.24) is 25.1 Å². The number of nitrogens with zero attached hydrogens (tertiary/aromatic N) is 3. The van der Waals surface area contributed by atoms with E-state index in [0.29, 0.717) is 18.2 Å². The third-order valence-electron chi connectivity index (χ3n) is 6.24. The molecule has 1 aliphatic heterocycles. The summed E-state index contributed by atoms with van der Waals surface area (Å²) in [4.78, 5) is 32.9. The highest BCUT2D eigenvalue weighted by Gasteiger charge is 2.35. The standard InChI is InChI=1S/C23H37N5O2/c1-15-8-10-16(11-9-15)20-25-18(17-14-27(6)12-7-13-28(17)20)21(29)26-19(22(30)24-5)23(2,3)4/h10,15,19H,7-9,11-14H2,1-6H3,(H,24,30)(H,26,29). The zero-order valence-electron chi connectivity index (χ0n) is 19.3. The number of rotatable bonds is 4. The van der Waals surface area contributed by atoms with Gasteiger partial charge in [0.15, 0.2) is 5.69 Å². The largest absolute Gasteiger partial charge is 0.357 e. The maximum absolute atomic E-state index is 13.4. The van der Waals surface area contributed by atoms with Gasteiger partial charge in [0.05, 0.1) is 5.69 Å². The van der Waals surface area contributed by atoms with Crippen LogP contribution in [-0.4, -0.2) is 52.9 Å². The number of allylic oxidation sites excluding steroid dienone is 2. The summed E-state index contributed by atoms with van der Waals surface area (Å²) < 4.78 is 2.24. The first kappa shape index (κ1) is 22.5. The highest BCUT2D eigenvalue weighted by molar-refractivity contribution is 5.97. The number of carbonyl (C=O) groups is 2. The number of likely N-dealkylation sites (N-methyl/N-ethyl adjacent to an activating group) is 1. The SMILES string of the molecule is CNC(=O)C(NC(=O)c1nc(C2=CCC(C)CC2)n2c1CN(C)CCC2)C(C)(C)C. The number of amides is 2. The lowest BCUT2D eigenvalue weighted by atomic mass is 9.86. The Morgan fingerprint density at radius 2 is 2.00 bits per heavy atom. The minimum absolute atomic E-state index is 0.192. The highest BCUT2D eigenvalue weighted by atomic mass is 16.2. The molecule has 1 aromatic rings. The first-order valence-corrected chi connectivity index (χ1v) is 11.1. The molecule has 166 valence electrons. The van der Waals surface area contributed by atoms with Crippen LogP contribution in [-0.2, 0) is 17.9 Å². The number of aromatic nitrogens is 2. The van der Waals surface area contributed by atoms with Crippen LogP contribution in [0.25, 0.3) is 5.57 Å². The number of nitrogens with one attached hydrogen (secondary N) is 2. The van der Waals surface area contributed by atoms with Gasteiger partial charge in [0.2, 0.25) is 5.91 Å². The number of hydrogen-bond acceptors (Lipinski definition) is 4. The van der Waals surface area contributed by atoms with Crippen molar-refractivity contribution in [2.24, 2.45) is 11.3 Å². The molecule has 0 radical (unpaired) electrons. The second kappa shape index (κ2) is 8.92. The van der Waals surface area contributed by atoms with Crippen LogP contribution in [0.15, 0.2) is 6.08 Å². The summed E-state index contributed by atoms with van der Waals surface area (Å²) >= 11 is 0. The maximum Gasteiger partial charge on any atom is 0.272 e. The van der Waals surface area contributed by atoms with E-state index in [1.54, 1.807) is 7.05 Å². The second-order valence-electron chi connectivity index (χ2n) is 9.97. The fourth-order valence-electron chi connectivity index (χ4n) is 4.34. The molecule has 2 atom stereocenters. The Hall–Kier alpha value is -2.15. The third-order valence-corrected chi connectivity index (χ3v) is 6.24. The first-order valence-electron chi connectivity index (χ1n) is 11.1. The summed E-state index contributed by atoms with van der Waals surface area (Å²) in [6.07, 6.45) is 6.53. The van der Waals surface area contributed by atoms with Crippen LogP contribution in [0.3, 0.4) is 0 Å². The van der Waals surface area contributed by atoms with Crippen LogP contribution in [0, 0.1) is 11.3 Å². The van der Waals surface area contributed by atoms with Crippen LogP contribution in [0.4, 0.5) is 0 Å². The molecule has 2 heterocycles. The fraction of sp³-hybridized carbons (Fsp3) is 0.696. The molecule has 7 nitrogen and oxygen atoms in total. The van der Waals surface area contributed by atoms with Crippen LogP contribution in [0.1, 0.15) is 75.4 Å². The van der Waals surface area contributed by atoms with Crippen LogP contribution in [0.5, 0.6) is 0 Å². The van der Waals surface area contributed by atoms with Gasteiger partial charge < -0.3 is 20.1 Å². The third kappa shape index (κ3) is 4.77. The normalized spacial score (nSPS) is 21.3. The lowest BCUT2D eigenvalue weighted by Gasteiger charge is -2.29. The van der Waals surface area contributed by atoms with Crippen molar-refractivity contribution in [1.29, 1.82) is 0 Å². The Labute approximate surface area is 180 Å². The van der Waals surface area contributed by atoms with Crippen molar-refractivity contribution in [3.8, 4) is 0 Å². The monoisotopic (exact) mass is 415 g/mol. The molecule has 30 heavy (non-hydrogen) atoms. The van der Waals surface area contributed by atoms with E-state index in [-0.39, 0.29) is 11.8 Å². The number of fused-ring (bicyclic) bond motifs is 1. The fourth-order valence-corrected chi connectivity index (χ4v) is 4.34. The van der Waals surface area contributed by atoms with Crippen molar-refractivity contribution < 1.29 is 9.59 Å². The number of hydrogen-bond donors (Lipinski definition) is 2. The van der Waals surface area contributed by atoms with E-state index in [0.717, 1.165) is 50.3 Å². The van der Waals surface area contributed by atoms with E-state index < -0.39 is 11.5 Å². The summed E-state index contributed by atoms with van der Waals surface area (Å²) in [5.41, 5.74) is 2.24. The van der Waals surface area contributed by atoms with Gasteiger partial charge in [-0.25, -0.2) is 4.98 Å². The van der Waals surface area contributed by atoms with E-state index >= 15 is 0 Å². The van der Waals surface area contributed by atoms with Crippen LogP contribution < -0.4 is 10.6 Å². The molecule has 0 saturated heterocycles. The molecule has 0 aromatic carbocycles. The quantitative estimate of drug-likeness (QED) is 0.793. The minimum atomic E-state index is -0.631. The van der Waals surface area contributed by atoms with Gasteiger partial charge in [-0.2, -0.15) is 0 Å². The Morgan fingerprint density at radius 3 is 2.60 bits per heavy atom. The zero-order valence-corrected chi connectivity index (χ0v) is 19.3. The number of carbonyl (C=O) groups excluding carboxylic acids is 2. The Bertz CT molecular complexity index is 833. The highest BCUT2D eigenvalue weighted by Crippen LogP contribution is 2.32. The van der Waals surface area contributed by atoms with Gasteiger partial charge in [0.25, 0.3) is 5.91 Å². The maximum atomic E-state index is 13.4. The molecule has 7 heteroatoms. The molecule has 1 aromatic heterocycles. The average molecular weight is 416 g/mol. The van der Waals surface area contributed by atoms with Gasteiger partial charge in [0.1, 0.15) is 11.9 Å². The summed E-state index contributed by atoms with van der Waals surface area (Å²) in [6.45, 7) is 10.7. The van der Waals surface area contributed by atoms with E-state index in [9.17, 15) is 9.59 Å². The molecule has 2 unspecified atom stereocenters. The van der Waals surface area contributed by atoms with Gasteiger partial charge >= 0.3 is 0 Å². The Kier molecular flexibility index (Phi) is 6.70. The topological polar surface area (TPSA) is 79.3 Å². The second-order valence-corrected chi connectivity index (χ2v) is 9.97. The van der Waals surface area contributed by atoms with Crippen molar-refractivity contribution in [2.45, 2.75) is 72.5 Å². The smallest absolute Gasteiger partial charge is 0.272 e. The van der Waals surface area contributed by atoms with Gasteiger partial charge in [0, 0.05) is 20.1 Å². The zero-order chi connectivity index (χ0) is 22.1. The molecular weight excluding hydrogens is 378 g/mol. The van der Waals surface area contributed by atoms with Gasteiger partial charge in [-0.1, -0.05) is 33.8 Å². The summed E-state index contributed by atoms with van der Waals surface area (Å²) in [5, 5.41) is 5.64. The Balaban J connectivity index is 1.99. The summed E-state index contributed by atoms with van der Waals surface area (Å²) in [6, 6.07) is -0.631. The molecule has 0 bridgehead atoms.